The van der Waals surface area contributed by atoms with Gasteiger partial charge in [-0.2, -0.15) is 0 Å². The van der Waals surface area contributed by atoms with E-state index in [1.54, 1.807) is 12.1 Å². The van der Waals surface area contributed by atoms with E-state index in [0.29, 0.717) is 17.4 Å². The van der Waals surface area contributed by atoms with Crippen molar-refractivity contribution in [1.29, 1.82) is 0 Å². The van der Waals surface area contributed by atoms with Crippen LogP contribution in [0.3, 0.4) is 0 Å². The Labute approximate surface area is 179 Å². The van der Waals surface area contributed by atoms with Crippen LogP contribution in [0, 0.1) is 11.7 Å². The van der Waals surface area contributed by atoms with Gasteiger partial charge in [-0.15, -0.1) is 0 Å². The summed E-state index contributed by atoms with van der Waals surface area (Å²) in [7, 11) is -2.89. The molecule has 5 heteroatoms. The molecule has 2 N–H and O–H groups in total. The second-order valence-corrected chi connectivity index (χ2v) is 11.4. The molecule has 0 amide bonds. The summed E-state index contributed by atoms with van der Waals surface area (Å²) in [5.74, 6) is 1.10. The van der Waals surface area contributed by atoms with Crippen molar-refractivity contribution in [2.45, 2.75) is 63.3 Å². The SMILES string of the molecule is NC1CCc2ccc(CCCCS(=O)(=O)CC3CC3)cc2C1Cc1cccc(F)c1. The maximum atomic E-state index is 13.6. The average molecular weight is 430 g/mol. The van der Waals surface area contributed by atoms with Crippen molar-refractivity contribution in [2.75, 3.05) is 11.5 Å². The summed E-state index contributed by atoms with van der Waals surface area (Å²) in [6.45, 7) is 0. The van der Waals surface area contributed by atoms with Crippen molar-refractivity contribution in [3.8, 4) is 0 Å². The molecule has 2 aliphatic carbocycles. The van der Waals surface area contributed by atoms with E-state index in [0.717, 1.165) is 56.9 Å². The number of benzene rings is 2. The van der Waals surface area contributed by atoms with Crippen LogP contribution in [0.1, 0.15) is 60.3 Å². The zero-order valence-corrected chi connectivity index (χ0v) is 18.3. The highest BCUT2D eigenvalue weighted by molar-refractivity contribution is 7.91. The fraction of sp³-hybridized carbons (Fsp3) is 0.520. The van der Waals surface area contributed by atoms with Crippen molar-refractivity contribution in [1.82, 2.24) is 0 Å². The Morgan fingerprint density at radius 2 is 1.83 bits per heavy atom. The van der Waals surface area contributed by atoms with Gasteiger partial charge in [0.15, 0.2) is 9.84 Å². The molecule has 0 saturated heterocycles. The van der Waals surface area contributed by atoms with Crippen LogP contribution in [0.25, 0.3) is 0 Å². The Kier molecular flexibility index (Phi) is 6.59. The van der Waals surface area contributed by atoms with E-state index in [9.17, 15) is 12.8 Å². The Morgan fingerprint density at radius 3 is 2.60 bits per heavy atom. The van der Waals surface area contributed by atoms with Gasteiger partial charge in [0.2, 0.25) is 0 Å². The average Bonchev–Trinajstić information content (AvgIpc) is 3.51. The molecule has 1 saturated carbocycles. The van der Waals surface area contributed by atoms with Gasteiger partial charge in [-0.05, 0) is 91.7 Å². The fourth-order valence-corrected chi connectivity index (χ4v) is 6.55. The fourth-order valence-electron chi connectivity index (χ4n) is 4.68. The summed E-state index contributed by atoms with van der Waals surface area (Å²) in [4.78, 5) is 0. The van der Waals surface area contributed by atoms with E-state index in [-0.39, 0.29) is 17.8 Å². The summed E-state index contributed by atoms with van der Waals surface area (Å²) >= 11 is 0. The molecule has 2 aromatic rings. The molecule has 0 radical (unpaired) electrons. The monoisotopic (exact) mass is 429 g/mol. The third kappa shape index (κ3) is 5.70. The molecule has 0 aromatic heterocycles. The number of rotatable bonds is 9. The largest absolute Gasteiger partial charge is 0.327 e. The number of nitrogens with two attached hydrogens (primary N) is 1. The molecule has 1 fully saturated rings. The molecule has 2 aliphatic rings. The van der Waals surface area contributed by atoms with E-state index >= 15 is 0 Å². The van der Waals surface area contributed by atoms with Crippen molar-refractivity contribution in [3.05, 3.63) is 70.5 Å². The highest BCUT2D eigenvalue weighted by atomic mass is 32.2. The summed E-state index contributed by atoms with van der Waals surface area (Å²) in [6.07, 6.45) is 7.31. The van der Waals surface area contributed by atoms with Gasteiger partial charge in [0.1, 0.15) is 5.82 Å². The lowest BCUT2D eigenvalue weighted by Crippen LogP contribution is -2.34. The van der Waals surface area contributed by atoms with Crippen LogP contribution in [0.2, 0.25) is 0 Å². The van der Waals surface area contributed by atoms with E-state index in [2.05, 4.69) is 18.2 Å². The molecule has 162 valence electrons. The number of sulfone groups is 1. The van der Waals surface area contributed by atoms with Gasteiger partial charge >= 0.3 is 0 Å². The van der Waals surface area contributed by atoms with Crippen LogP contribution in [-0.2, 0) is 29.1 Å². The summed E-state index contributed by atoms with van der Waals surface area (Å²) < 4.78 is 37.9. The molecular weight excluding hydrogens is 397 g/mol. The summed E-state index contributed by atoms with van der Waals surface area (Å²) in [5, 5.41) is 0. The molecule has 0 aliphatic heterocycles. The molecule has 2 unspecified atom stereocenters. The smallest absolute Gasteiger partial charge is 0.150 e. The molecule has 0 bridgehead atoms. The molecule has 2 atom stereocenters. The van der Waals surface area contributed by atoms with Gasteiger partial charge in [-0.3, -0.25) is 0 Å². The maximum absolute atomic E-state index is 13.6. The lowest BCUT2D eigenvalue weighted by molar-refractivity contribution is 0.466. The first kappa shape index (κ1) is 21.5. The van der Waals surface area contributed by atoms with E-state index in [4.69, 9.17) is 5.73 Å². The van der Waals surface area contributed by atoms with Gasteiger partial charge in [0.05, 0.1) is 11.5 Å². The van der Waals surface area contributed by atoms with Crippen molar-refractivity contribution < 1.29 is 12.8 Å². The lowest BCUT2D eigenvalue weighted by Gasteiger charge is -2.32. The number of halogens is 1. The van der Waals surface area contributed by atoms with Crippen molar-refractivity contribution in [3.63, 3.8) is 0 Å². The van der Waals surface area contributed by atoms with E-state index in [1.165, 1.54) is 22.8 Å². The number of hydrogen-bond acceptors (Lipinski definition) is 3. The topological polar surface area (TPSA) is 60.2 Å². The molecule has 30 heavy (non-hydrogen) atoms. The molecule has 0 spiro atoms. The van der Waals surface area contributed by atoms with E-state index < -0.39 is 9.84 Å². The van der Waals surface area contributed by atoms with Crippen LogP contribution in [0.5, 0.6) is 0 Å². The van der Waals surface area contributed by atoms with Gasteiger partial charge < -0.3 is 5.73 Å². The number of fused-ring (bicyclic) bond motifs is 1. The lowest BCUT2D eigenvalue weighted by atomic mass is 9.76. The zero-order chi connectivity index (χ0) is 21.1. The van der Waals surface area contributed by atoms with Crippen LogP contribution in [0.4, 0.5) is 4.39 Å². The first-order valence-corrected chi connectivity index (χ1v) is 13.0. The quantitative estimate of drug-likeness (QED) is 0.594. The minimum Gasteiger partial charge on any atom is -0.327 e. The summed E-state index contributed by atoms with van der Waals surface area (Å²) in [6, 6.07) is 13.5. The van der Waals surface area contributed by atoms with E-state index in [1.807, 2.05) is 6.07 Å². The van der Waals surface area contributed by atoms with Crippen molar-refractivity contribution in [2.24, 2.45) is 11.7 Å². The van der Waals surface area contributed by atoms with Gasteiger partial charge in [0, 0.05) is 12.0 Å². The number of unbranched alkanes of at least 4 members (excludes halogenated alkanes) is 1. The minimum atomic E-state index is -2.89. The number of aryl methyl sites for hydroxylation is 2. The van der Waals surface area contributed by atoms with Crippen LogP contribution >= 0.6 is 0 Å². The Bertz CT molecular complexity index is 984. The Morgan fingerprint density at radius 1 is 1.00 bits per heavy atom. The molecule has 2 aromatic carbocycles. The minimum absolute atomic E-state index is 0.0728. The summed E-state index contributed by atoms with van der Waals surface area (Å²) in [5.41, 5.74) is 11.3. The van der Waals surface area contributed by atoms with Gasteiger partial charge in [-0.25, -0.2) is 12.8 Å². The standard InChI is InChI=1S/C25H32FNO2S/c26-22-6-3-5-20(14-22)16-24-23-15-18(9-10-21(23)11-12-25(24)27)4-1-2-13-30(28,29)17-19-7-8-19/h3,5-6,9-10,14-15,19,24-25H,1-2,4,7-8,11-13,16-17,27H2. The third-order valence-electron chi connectivity index (χ3n) is 6.58. The van der Waals surface area contributed by atoms with Gasteiger partial charge in [-0.1, -0.05) is 30.3 Å². The van der Waals surface area contributed by atoms with Gasteiger partial charge in [0.25, 0.3) is 0 Å². The number of hydrogen-bond donors (Lipinski definition) is 1. The Balaban J connectivity index is 1.40. The second-order valence-electron chi connectivity index (χ2n) is 9.19. The first-order chi connectivity index (χ1) is 14.4. The first-order valence-electron chi connectivity index (χ1n) is 11.2. The van der Waals surface area contributed by atoms with Crippen molar-refractivity contribution >= 4 is 9.84 Å². The molecular formula is C25H32FNO2S. The highest BCUT2D eigenvalue weighted by Crippen LogP contribution is 2.35. The zero-order valence-electron chi connectivity index (χ0n) is 17.5. The maximum Gasteiger partial charge on any atom is 0.150 e. The normalized spacial score (nSPS) is 21.4. The van der Waals surface area contributed by atoms with Crippen LogP contribution in [-0.4, -0.2) is 26.0 Å². The third-order valence-corrected chi connectivity index (χ3v) is 8.47. The second kappa shape index (κ2) is 9.19. The van der Waals surface area contributed by atoms with Crippen LogP contribution < -0.4 is 5.73 Å². The molecule has 0 heterocycles. The highest BCUT2D eigenvalue weighted by Gasteiger charge is 2.28. The molecule has 4 rings (SSSR count). The van der Waals surface area contributed by atoms with Crippen LogP contribution in [0.15, 0.2) is 42.5 Å². The molecule has 3 nitrogen and oxygen atoms in total. The predicted molar refractivity (Wildman–Crippen MR) is 120 cm³/mol. The predicted octanol–water partition coefficient (Wildman–Crippen LogP) is 4.57. The Hall–Kier alpha value is -1.72.